The van der Waals surface area contributed by atoms with Crippen molar-refractivity contribution in [2.45, 2.75) is 31.6 Å². The minimum atomic E-state index is -0.618. The summed E-state index contributed by atoms with van der Waals surface area (Å²) in [5.74, 6) is 0.750. The van der Waals surface area contributed by atoms with Crippen LogP contribution in [0.15, 0.2) is 42.6 Å². The molecule has 0 saturated carbocycles. The highest BCUT2D eigenvalue weighted by Gasteiger charge is 2.18. The van der Waals surface area contributed by atoms with E-state index in [1.54, 1.807) is 43.3 Å². The standard InChI is InChI=1S/C20H22ClN3O3/c1-14(21)19(25)23-16-7-10-18(22-13-16)27-17-8-5-15(6-9-17)20(26)24-11-3-2-4-12-24/h5-10,13-14H,2-4,11-12H2,1H3,(H,23,25). The number of anilines is 1. The average molecular weight is 388 g/mol. The molecule has 6 nitrogen and oxygen atoms in total. The molecule has 1 aliphatic rings. The lowest BCUT2D eigenvalue weighted by molar-refractivity contribution is -0.115. The molecule has 2 aromatic rings. The fourth-order valence-corrected chi connectivity index (χ4v) is 2.88. The van der Waals surface area contributed by atoms with Crippen molar-refractivity contribution in [3.05, 3.63) is 48.2 Å². The van der Waals surface area contributed by atoms with Crippen molar-refractivity contribution in [3.8, 4) is 11.6 Å². The van der Waals surface area contributed by atoms with Crippen LogP contribution in [-0.4, -0.2) is 40.2 Å². The van der Waals surface area contributed by atoms with Gasteiger partial charge in [0.25, 0.3) is 5.91 Å². The van der Waals surface area contributed by atoms with Gasteiger partial charge in [0.15, 0.2) is 0 Å². The molecular weight excluding hydrogens is 366 g/mol. The number of rotatable bonds is 5. The van der Waals surface area contributed by atoms with Crippen molar-refractivity contribution >= 4 is 29.1 Å². The third-order valence-electron chi connectivity index (χ3n) is 4.33. The van der Waals surface area contributed by atoms with Crippen LogP contribution in [0.3, 0.4) is 0 Å². The van der Waals surface area contributed by atoms with Gasteiger partial charge >= 0.3 is 0 Å². The molecule has 0 spiro atoms. The number of alkyl halides is 1. The maximum Gasteiger partial charge on any atom is 0.253 e. The molecule has 27 heavy (non-hydrogen) atoms. The number of halogens is 1. The van der Waals surface area contributed by atoms with E-state index in [1.807, 2.05) is 4.90 Å². The van der Waals surface area contributed by atoms with Gasteiger partial charge in [0.2, 0.25) is 11.8 Å². The minimum absolute atomic E-state index is 0.0630. The zero-order chi connectivity index (χ0) is 19.2. The Morgan fingerprint density at radius 2 is 1.81 bits per heavy atom. The third kappa shape index (κ3) is 5.20. The van der Waals surface area contributed by atoms with Gasteiger partial charge < -0.3 is 15.0 Å². The number of aromatic nitrogens is 1. The Morgan fingerprint density at radius 3 is 2.41 bits per heavy atom. The lowest BCUT2D eigenvalue weighted by atomic mass is 10.1. The largest absolute Gasteiger partial charge is 0.439 e. The number of carbonyl (C=O) groups excluding carboxylic acids is 2. The van der Waals surface area contributed by atoms with Gasteiger partial charge in [0.1, 0.15) is 11.1 Å². The zero-order valence-corrected chi connectivity index (χ0v) is 15.9. The van der Waals surface area contributed by atoms with E-state index in [2.05, 4.69) is 10.3 Å². The van der Waals surface area contributed by atoms with Crippen molar-refractivity contribution < 1.29 is 14.3 Å². The van der Waals surface area contributed by atoms with Crippen molar-refractivity contribution in [1.29, 1.82) is 0 Å². The second-order valence-electron chi connectivity index (χ2n) is 6.47. The number of pyridine rings is 1. The van der Waals surface area contributed by atoms with Gasteiger partial charge in [-0.05, 0) is 56.5 Å². The zero-order valence-electron chi connectivity index (χ0n) is 15.2. The van der Waals surface area contributed by atoms with Crippen molar-refractivity contribution in [3.63, 3.8) is 0 Å². The highest BCUT2D eigenvalue weighted by molar-refractivity contribution is 6.32. The molecule has 1 aromatic carbocycles. The fraction of sp³-hybridized carbons (Fsp3) is 0.350. The summed E-state index contributed by atoms with van der Waals surface area (Å²) in [4.78, 5) is 30.1. The van der Waals surface area contributed by atoms with Crippen LogP contribution in [0, 0.1) is 0 Å². The molecule has 1 unspecified atom stereocenters. The Bertz CT molecular complexity index is 785. The summed E-state index contributed by atoms with van der Waals surface area (Å²) in [5, 5.41) is 2.03. The van der Waals surface area contributed by atoms with Gasteiger partial charge in [-0.1, -0.05) is 0 Å². The fourth-order valence-electron chi connectivity index (χ4n) is 2.82. The van der Waals surface area contributed by atoms with E-state index < -0.39 is 5.38 Å². The summed E-state index contributed by atoms with van der Waals surface area (Å²) in [7, 11) is 0. The van der Waals surface area contributed by atoms with Crippen molar-refractivity contribution in [2.24, 2.45) is 0 Å². The Labute approximate surface area is 163 Å². The minimum Gasteiger partial charge on any atom is -0.439 e. The summed E-state index contributed by atoms with van der Waals surface area (Å²) < 4.78 is 5.69. The molecule has 1 N–H and O–H groups in total. The number of piperidine rings is 1. The second-order valence-corrected chi connectivity index (χ2v) is 7.12. The molecule has 1 atom stereocenters. The first-order valence-corrected chi connectivity index (χ1v) is 9.45. The number of ether oxygens (including phenoxy) is 1. The highest BCUT2D eigenvalue weighted by atomic mass is 35.5. The summed E-state index contributed by atoms with van der Waals surface area (Å²) >= 11 is 5.72. The molecule has 1 aliphatic heterocycles. The van der Waals surface area contributed by atoms with Crippen LogP contribution in [0.2, 0.25) is 0 Å². The van der Waals surface area contributed by atoms with Crippen LogP contribution in [0.25, 0.3) is 0 Å². The van der Waals surface area contributed by atoms with Gasteiger partial charge in [-0.15, -0.1) is 11.6 Å². The Balaban J connectivity index is 1.59. The second kappa shape index (κ2) is 8.86. The number of hydrogen-bond donors (Lipinski definition) is 1. The molecule has 0 aliphatic carbocycles. The first-order chi connectivity index (χ1) is 13.0. The molecular formula is C20H22ClN3O3. The number of benzene rings is 1. The van der Waals surface area contributed by atoms with E-state index in [-0.39, 0.29) is 11.8 Å². The predicted octanol–water partition coefficient (Wildman–Crippen LogP) is 4.07. The van der Waals surface area contributed by atoms with E-state index >= 15 is 0 Å². The van der Waals surface area contributed by atoms with Crippen molar-refractivity contribution in [1.82, 2.24) is 9.88 Å². The van der Waals surface area contributed by atoms with Gasteiger partial charge in [-0.25, -0.2) is 4.98 Å². The van der Waals surface area contributed by atoms with E-state index in [9.17, 15) is 9.59 Å². The Morgan fingerprint density at radius 1 is 1.11 bits per heavy atom. The van der Waals surface area contributed by atoms with Crippen LogP contribution in [-0.2, 0) is 4.79 Å². The summed E-state index contributed by atoms with van der Waals surface area (Å²) in [6, 6.07) is 10.4. The van der Waals surface area contributed by atoms with Gasteiger partial charge in [0.05, 0.1) is 11.9 Å². The number of hydrogen-bond acceptors (Lipinski definition) is 4. The number of carbonyl (C=O) groups is 2. The van der Waals surface area contributed by atoms with Gasteiger partial charge in [-0.3, -0.25) is 9.59 Å². The number of amides is 2. The average Bonchev–Trinajstić information content (AvgIpc) is 2.70. The molecule has 7 heteroatoms. The van der Waals surface area contributed by atoms with Crippen molar-refractivity contribution in [2.75, 3.05) is 18.4 Å². The van der Waals surface area contributed by atoms with E-state index in [0.717, 1.165) is 25.9 Å². The Hall–Kier alpha value is -2.60. The van der Waals surface area contributed by atoms with Gasteiger partial charge in [-0.2, -0.15) is 0 Å². The molecule has 1 fully saturated rings. The topological polar surface area (TPSA) is 71.5 Å². The summed E-state index contributed by atoms with van der Waals surface area (Å²) in [6.07, 6.45) is 4.83. The molecule has 142 valence electrons. The van der Waals surface area contributed by atoms with E-state index in [4.69, 9.17) is 16.3 Å². The number of nitrogens with one attached hydrogen (secondary N) is 1. The first kappa shape index (κ1) is 19.2. The quantitative estimate of drug-likeness (QED) is 0.785. The number of likely N-dealkylation sites (tertiary alicyclic amines) is 1. The smallest absolute Gasteiger partial charge is 0.253 e. The van der Waals surface area contributed by atoms with Crippen LogP contribution >= 0.6 is 11.6 Å². The summed E-state index contributed by atoms with van der Waals surface area (Å²) in [5.41, 5.74) is 1.20. The lowest BCUT2D eigenvalue weighted by Gasteiger charge is -2.26. The molecule has 3 rings (SSSR count). The van der Waals surface area contributed by atoms with Crippen LogP contribution in [0.5, 0.6) is 11.6 Å². The lowest BCUT2D eigenvalue weighted by Crippen LogP contribution is -2.35. The molecule has 1 saturated heterocycles. The molecule has 1 aromatic heterocycles. The van der Waals surface area contributed by atoms with Crippen LogP contribution in [0.1, 0.15) is 36.5 Å². The predicted molar refractivity (Wildman–Crippen MR) is 104 cm³/mol. The third-order valence-corrected chi connectivity index (χ3v) is 4.53. The highest BCUT2D eigenvalue weighted by Crippen LogP contribution is 2.22. The van der Waals surface area contributed by atoms with E-state index in [1.165, 1.54) is 12.6 Å². The molecule has 2 amide bonds. The number of nitrogens with zero attached hydrogens (tertiary/aromatic N) is 2. The normalized spacial score (nSPS) is 15.1. The monoisotopic (exact) mass is 387 g/mol. The molecule has 0 radical (unpaired) electrons. The maximum absolute atomic E-state index is 12.5. The molecule has 0 bridgehead atoms. The Kier molecular flexibility index (Phi) is 6.29. The van der Waals surface area contributed by atoms with Crippen LogP contribution < -0.4 is 10.1 Å². The molecule has 2 heterocycles. The first-order valence-electron chi connectivity index (χ1n) is 9.01. The SMILES string of the molecule is CC(Cl)C(=O)Nc1ccc(Oc2ccc(C(=O)N3CCCCC3)cc2)nc1. The van der Waals surface area contributed by atoms with Crippen LogP contribution in [0.4, 0.5) is 5.69 Å². The van der Waals surface area contributed by atoms with Gasteiger partial charge in [0, 0.05) is 24.7 Å². The van der Waals surface area contributed by atoms with E-state index in [0.29, 0.717) is 22.9 Å². The maximum atomic E-state index is 12.5. The summed E-state index contributed by atoms with van der Waals surface area (Å²) in [6.45, 7) is 3.25.